The van der Waals surface area contributed by atoms with E-state index in [-0.39, 0.29) is 12.1 Å². The molecule has 4 rings (SSSR count). The fourth-order valence-corrected chi connectivity index (χ4v) is 2.88. The summed E-state index contributed by atoms with van der Waals surface area (Å²) in [6.07, 6.45) is 0.883. The molecule has 3 N–H and O–H groups in total. The second kappa shape index (κ2) is 4.35. The van der Waals surface area contributed by atoms with E-state index < -0.39 is 0 Å². The van der Waals surface area contributed by atoms with E-state index in [4.69, 9.17) is 10.2 Å². The quantitative estimate of drug-likeness (QED) is 0.748. The minimum absolute atomic E-state index is 0.0439. The van der Waals surface area contributed by atoms with E-state index in [1.54, 1.807) is 0 Å². The summed E-state index contributed by atoms with van der Waals surface area (Å²) in [6.45, 7) is 0. The minimum Gasteiger partial charge on any atom is -0.424 e. The van der Waals surface area contributed by atoms with Crippen molar-refractivity contribution < 1.29 is 4.42 Å². The summed E-state index contributed by atoms with van der Waals surface area (Å²) in [7, 11) is 0. The Morgan fingerprint density at radius 1 is 1.10 bits per heavy atom. The van der Waals surface area contributed by atoms with Crippen LogP contribution >= 0.6 is 0 Å². The summed E-state index contributed by atoms with van der Waals surface area (Å²) in [4.78, 5) is 4.45. The Morgan fingerprint density at radius 2 is 1.90 bits per heavy atom. The molecule has 1 heterocycles. The first-order valence-corrected chi connectivity index (χ1v) is 6.77. The highest BCUT2D eigenvalue weighted by Gasteiger charge is 2.30. The molecule has 2 aromatic carbocycles. The van der Waals surface area contributed by atoms with E-state index in [1.807, 2.05) is 36.4 Å². The molecule has 2 atom stereocenters. The monoisotopic (exact) mass is 265 g/mol. The average molecular weight is 265 g/mol. The van der Waals surface area contributed by atoms with Crippen LogP contribution in [0.2, 0.25) is 0 Å². The topological polar surface area (TPSA) is 64.1 Å². The van der Waals surface area contributed by atoms with Crippen LogP contribution in [0.15, 0.2) is 52.9 Å². The van der Waals surface area contributed by atoms with Crippen LogP contribution < -0.4 is 11.1 Å². The third kappa shape index (κ3) is 1.77. The molecule has 4 nitrogen and oxygen atoms in total. The zero-order chi connectivity index (χ0) is 13.5. The van der Waals surface area contributed by atoms with Gasteiger partial charge in [-0.15, -0.1) is 0 Å². The number of hydrogen-bond donors (Lipinski definition) is 2. The van der Waals surface area contributed by atoms with Gasteiger partial charge in [-0.1, -0.05) is 36.4 Å². The standard InChI is InChI=1S/C16H15N3O/c17-12-9-10-5-1-2-6-11(10)15(12)19-16-18-13-7-3-4-8-14(13)20-16/h1-8,12,15H,9,17H2,(H,18,19). The van der Waals surface area contributed by atoms with Crippen LogP contribution in [0.1, 0.15) is 17.2 Å². The van der Waals surface area contributed by atoms with Gasteiger partial charge < -0.3 is 15.5 Å². The highest BCUT2D eigenvalue weighted by Crippen LogP contribution is 2.33. The second-order valence-corrected chi connectivity index (χ2v) is 5.18. The smallest absolute Gasteiger partial charge is 0.296 e. The minimum atomic E-state index is 0.0439. The van der Waals surface area contributed by atoms with Crippen molar-refractivity contribution in [3.8, 4) is 0 Å². The summed E-state index contributed by atoms with van der Waals surface area (Å²) >= 11 is 0. The number of rotatable bonds is 2. The fraction of sp³-hybridized carbons (Fsp3) is 0.188. The number of aromatic nitrogens is 1. The zero-order valence-electron chi connectivity index (χ0n) is 10.9. The fourth-order valence-electron chi connectivity index (χ4n) is 2.88. The Hall–Kier alpha value is -2.33. The zero-order valence-corrected chi connectivity index (χ0v) is 10.9. The third-order valence-corrected chi connectivity index (χ3v) is 3.85. The first kappa shape index (κ1) is 11.5. The molecular formula is C16H15N3O. The highest BCUT2D eigenvalue weighted by atomic mass is 16.4. The van der Waals surface area contributed by atoms with E-state index >= 15 is 0 Å². The van der Waals surface area contributed by atoms with E-state index in [1.165, 1.54) is 11.1 Å². The lowest BCUT2D eigenvalue weighted by atomic mass is 10.1. The molecule has 0 bridgehead atoms. The molecule has 1 aromatic heterocycles. The molecule has 20 heavy (non-hydrogen) atoms. The van der Waals surface area contributed by atoms with Gasteiger partial charge >= 0.3 is 0 Å². The Bertz CT molecular complexity index is 732. The number of anilines is 1. The van der Waals surface area contributed by atoms with Crippen molar-refractivity contribution >= 4 is 17.1 Å². The first-order chi connectivity index (χ1) is 9.81. The number of hydrogen-bond acceptors (Lipinski definition) is 4. The van der Waals surface area contributed by atoms with Gasteiger partial charge in [0.15, 0.2) is 5.58 Å². The summed E-state index contributed by atoms with van der Waals surface area (Å²) in [5.41, 5.74) is 10.4. The second-order valence-electron chi connectivity index (χ2n) is 5.18. The van der Waals surface area contributed by atoms with Gasteiger partial charge in [-0.05, 0) is 29.7 Å². The summed E-state index contributed by atoms with van der Waals surface area (Å²) in [5.74, 6) is 0. The lowest BCUT2D eigenvalue weighted by molar-refractivity contribution is 0.566. The van der Waals surface area contributed by atoms with Crippen molar-refractivity contribution in [1.29, 1.82) is 0 Å². The Morgan fingerprint density at radius 3 is 2.80 bits per heavy atom. The van der Waals surface area contributed by atoms with Crippen LogP contribution in [-0.4, -0.2) is 11.0 Å². The predicted molar refractivity (Wildman–Crippen MR) is 78.5 cm³/mol. The number of fused-ring (bicyclic) bond motifs is 2. The molecule has 0 saturated carbocycles. The van der Waals surface area contributed by atoms with Gasteiger partial charge in [0, 0.05) is 6.04 Å². The van der Waals surface area contributed by atoms with Gasteiger partial charge in [-0.25, -0.2) is 0 Å². The van der Waals surface area contributed by atoms with E-state index in [9.17, 15) is 0 Å². The van der Waals surface area contributed by atoms with Crippen LogP contribution in [-0.2, 0) is 6.42 Å². The van der Waals surface area contributed by atoms with Crippen molar-refractivity contribution in [3.63, 3.8) is 0 Å². The van der Waals surface area contributed by atoms with Crippen LogP contribution in [0.5, 0.6) is 0 Å². The Balaban J connectivity index is 1.68. The largest absolute Gasteiger partial charge is 0.424 e. The maximum absolute atomic E-state index is 6.24. The lowest BCUT2D eigenvalue weighted by Gasteiger charge is -2.17. The number of nitrogens with zero attached hydrogens (tertiary/aromatic N) is 1. The molecule has 3 aromatic rings. The Labute approximate surface area is 116 Å². The van der Waals surface area contributed by atoms with Crippen molar-refractivity contribution in [3.05, 3.63) is 59.7 Å². The molecule has 100 valence electrons. The molecule has 2 unspecified atom stereocenters. The Kier molecular flexibility index (Phi) is 2.50. The predicted octanol–water partition coefficient (Wildman–Crippen LogP) is 2.86. The molecule has 1 aliphatic carbocycles. The molecule has 0 saturated heterocycles. The number of oxazole rings is 1. The SMILES string of the molecule is NC1Cc2ccccc2C1Nc1nc2ccccc2o1. The van der Waals surface area contributed by atoms with Crippen LogP contribution in [0.4, 0.5) is 6.01 Å². The van der Waals surface area contributed by atoms with Gasteiger partial charge in [0.05, 0.1) is 6.04 Å². The summed E-state index contributed by atoms with van der Waals surface area (Å²) in [5, 5.41) is 3.33. The molecule has 0 fully saturated rings. The first-order valence-electron chi connectivity index (χ1n) is 6.77. The van der Waals surface area contributed by atoms with Crippen molar-refractivity contribution in [2.45, 2.75) is 18.5 Å². The third-order valence-electron chi connectivity index (χ3n) is 3.85. The van der Waals surface area contributed by atoms with E-state index in [2.05, 4.69) is 22.4 Å². The van der Waals surface area contributed by atoms with Crippen molar-refractivity contribution in [1.82, 2.24) is 4.98 Å². The summed E-state index contributed by atoms with van der Waals surface area (Å²) < 4.78 is 5.72. The van der Waals surface area contributed by atoms with E-state index in [0.29, 0.717) is 6.01 Å². The number of nitrogens with one attached hydrogen (secondary N) is 1. The maximum Gasteiger partial charge on any atom is 0.296 e. The summed E-state index contributed by atoms with van der Waals surface area (Å²) in [6, 6.07) is 16.7. The van der Waals surface area contributed by atoms with Gasteiger partial charge in [-0.3, -0.25) is 0 Å². The molecular weight excluding hydrogens is 250 g/mol. The number of nitrogens with two attached hydrogens (primary N) is 1. The van der Waals surface area contributed by atoms with E-state index in [0.717, 1.165) is 17.5 Å². The van der Waals surface area contributed by atoms with Crippen LogP contribution in [0.25, 0.3) is 11.1 Å². The molecule has 0 aliphatic heterocycles. The number of para-hydroxylation sites is 2. The van der Waals surface area contributed by atoms with Crippen LogP contribution in [0.3, 0.4) is 0 Å². The molecule has 1 aliphatic rings. The average Bonchev–Trinajstić information content (AvgIpc) is 3.00. The van der Waals surface area contributed by atoms with Crippen LogP contribution in [0, 0.1) is 0 Å². The maximum atomic E-state index is 6.24. The molecule has 0 spiro atoms. The van der Waals surface area contributed by atoms with Gasteiger partial charge in [-0.2, -0.15) is 4.98 Å². The number of benzene rings is 2. The molecule has 0 amide bonds. The van der Waals surface area contributed by atoms with Gasteiger partial charge in [0.1, 0.15) is 5.52 Å². The molecule has 0 radical (unpaired) electrons. The normalized spacial score (nSPS) is 21.1. The lowest BCUT2D eigenvalue weighted by Crippen LogP contribution is -2.30. The van der Waals surface area contributed by atoms with Crippen molar-refractivity contribution in [2.24, 2.45) is 5.73 Å². The van der Waals surface area contributed by atoms with Gasteiger partial charge in [0.2, 0.25) is 0 Å². The highest BCUT2D eigenvalue weighted by molar-refractivity contribution is 5.74. The molecule has 4 heteroatoms. The van der Waals surface area contributed by atoms with Gasteiger partial charge in [0.25, 0.3) is 6.01 Å². The van der Waals surface area contributed by atoms with Crippen molar-refractivity contribution in [2.75, 3.05) is 5.32 Å².